The van der Waals surface area contributed by atoms with Gasteiger partial charge in [0.2, 0.25) is 5.91 Å². The minimum Gasteiger partial charge on any atom is -0.485 e. The number of benzene rings is 1. The summed E-state index contributed by atoms with van der Waals surface area (Å²) in [6.07, 6.45) is 7.03. The van der Waals surface area contributed by atoms with E-state index in [4.69, 9.17) is 4.74 Å². The van der Waals surface area contributed by atoms with E-state index in [2.05, 4.69) is 15.3 Å². The maximum absolute atomic E-state index is 12.1. The van der Waals surface area contributed by atoms with Gasteiger partial charge >= 0.3 is 0 Å². The van der Waals surface area contributed by atoms with E-state index >= 15 is 0 Å². The van der Waals surface area contributed by atoms with Gasteiger partial charge in [-0.2, -0.15) is 0 Å². The summed E-state index contributed by atoms with van der Waals surface area (Å²) in [6, 6.07) is 9.26. The van der Waals surface area contributed by atoms with Gasteiger partial charge in [0, 0.05) is 60.1 Å². The Morgan fingerprint density at radius 3 is 2.72 bits per heavy atom. The average Bonchev–Trinajstić information content (AvgIpc) is 3.19. The zero-order chi connectivity index (χ0) is 22.5. The van der Waals surface area contributed by atoms with Gasteiger partial charge < -0.3 is 15.0 Å². The SMILES string of the molecule is C[C@@H]1Oc2cc(N3CCCC3=O)ccc2-c2cnc(Nc3cncc(S(C)(=O)=O)c3)cc21. The second-order valence-corrected chi connectivity index (χ2v) is 10.1. The summed E-state index contributed by atoms with van der Waals surface area (Å²) in [5, 5.41) is 3.12. The van der Waals surface area contributed by atoms with Crippen molar-refractivity contribution in [1.29, 1.82) is 0 Å². The van der Waals surface area contributed by atoms with Crippen LogP contribution in [0, 0.1) is 0 Å². The fourth-order valence-electron chi connectivity index (χ4n) is 4.11. The Morgan fingerprint density at radius 2 is 1.97 bits per heavy atom. The van der Waals surface area contributed by atoms with E-state index in [0.717, 1.165) is 47.3 Å². The van der Waals surface area contributed by atoms with Crippen molar-refractivity contribution in [2.45, 2.75) is 30.8 Å². The van der Waals surface area contributed by atoms with E-state index in [1.807, 2.05) is 31.2 Å². The normalized spacial score (nSPS) is 17.5. The van der Waals surface area contributed by atoms with Crippen molar-refractivity contribution in [1.82, 2.24) is 9.97 Å². The zero-order valence-corrected chi connectivity index (χ0v) is 18.5. The predicted octanol–water partition coefficient (Wildman–Crippen LogP) is 3.87. The summed E-state index contributed by atoms with van der Waals surface area (Å²) < 4.78 is 29.8. The van der Waals surface area contributed by atoms with E-state index in [1.54, 1.807) is 17.3 Å². The summed E-state index contributed by atoms with van der Waals surface area (Å²) in [4.78, 5) is 22.6. The predicted molar refractivity (Wildman–Crippen MR) is 121 cm³/mol. The van der Waals surface area contributed by atoms with E-state index in [9.17, 15) is 13.2 Å². The van der Waals surface area contributed by atoms with Crippen LogP contribution in [-0.2, 0) is 14.6 Å². The van der Waals surface area contributed by atoms with Gasteiger partial charge in [-0.05, 0) is 37.6 Å². The zero-order valence-electron chi connectivity index (χ0n) is 17.7. The first-order valence-electron chi connectivity index (χ1n) is 10.3. The molecule has 0 bridgehead atoms. The number of hydrogen-bond donors (Lipinski definition) is 1. The maximum Gasteiger partial charge on any atom is 0.227 e. The number of nitrogens with one attached hydrogen (secondary N) is 1. The smallest absolute Gasteiger partial charge is 0.227 e. The van der Waals surface area contributed by atoms with E-state index in [1.165, 1.54) is 12.3 Å². The van der Waals surface area contributed by atoms with E-state index in [0.29, 0.717) is 17.9 Å². The fraction of sp³-hybridized carbons (Fsp3) is 0.261. The van der Waals surface area contributed by atoms with Crippen molar-refractivity contribution in [2.75, 3.05) is 23.0 Å². The van der Waals surface area contributed by atoms with Gasteiger partial charge in [-0.25, -0.2) is 13.4 Å². The van der Waals surface area contributed by atoms with Crippen LogP contribution in [0.5, 0.6) is 5.75 Å². The van der Waals surface area contributed by atoms with Gasteiger partial charge in [-0.1, -0.05) is 0 Å². The second-order valence-electron chi connectivity index (χ2n) is 8.05. The van der Waals surface area contributed by atoms with Crippen LogP contribution >= 0.6 is 0 Å². The molecule has 1 N–H and O–H groups in total. The van der Waals surface area contributed by atoms with Crippen molar-refractivity contribution in [3.05, 3.63) is 54.5 Å². The Kier molecular flexibility index (Phi) is 4.85. The first-order valence-corrected chi connectivity index (χ1v) is 12.2. The van der Waals surface area contributed by atoms with Gasteiger partial charge in [0.1, 0.15) is 17.7 Å². The minimum absolute atomic E-state index is 0.137. The Bertz CT molecular complexity index is 1340. The number of aromatic nitrogens is 2. The van der Waals surface area contributed by atoms with Crippen molar-refractivity contribution < 1.29 is 17.9 Å². The van der Waals surface area contributed by atoms with Gasteiger partial charge in [0.25, 0.3) is 0 Å². The number of amides is 1. The summed E-state index contributed by atoms with van der Waals surface area (Å²) in [7, 11) is -3.35. The number of fused-ring (bicyclic) bond motifs is 3. The number of hydrogen-bond acceptors (Lipinski definition) is 7. The number of carbonyl (C=O) groups is 1. The molecule has 9 heteroatoms. The number of pyridine rings is 2. The van der Waals surface area contributed by atoms with Crippen LogP contribution in [0.2, 0.25) is 0 Å². The molecule has 3 aromatic rings. The lowest BCUT2D eigenvalue weighted by molar-refractivity contribution is -0.117. The summed E-state index contributed by atoms with van der Waals surface area (Å²) in [5.41, 5.74) is 4.24. The van der Waals surface area contributed by atoms with Crippen molar-refractivity contribution in [3.63, 3.8) is 0 Å². The third kappa shape index (κ3) is 3.69. The molecule has 0 unspecified atom stereocenters. The largest absolute Gasteiger partial charge is 0.485 e. The number of sulfone groups is 1. The first kappa shape index (κ1) is 20.4. The van der Waals surface area contributed by atoms with Crippen LogP contribution in [-0.4, -0.2) is 37.1 Å². The lowest BCUT2D eigenvalue weighted by atomic mass is 9.94. The Hall–Kier alpha value is -3.46. The quantitative estimate of drug-likeness (QED) is 0.644. The molecule has 0 radical (unpaired) electrons. The van der Waals surface area contributed by atoms with Gasteiger partial charge in [0.05, 0.1) is 16.8 Å². The molecule has 2 aliphatic rings. The minimum atomic E-state index is -3.35. The van der Waals surface area contributed by atoms with Gasteiger partial charge in [0.15, 0.2) is 9.84 Å². The van der Waals surface area contributed by atoms with Crippen LogP contribution < -0.4 is 15.0 Å². The third-order valence-corrected chi connectivity index (χ3v) is 6.81. The molecule has 0 spiro atoms. The molecule has 1 amide bonds. The molecule has 1 aromatic carbocycles. The molecule has 1 saturated heterocycles. The van der Waals surface area contributed by atoms with Gasteiger partial charge in [-0.3, -0.25) is 9.78 Å². The van der Waals surface area contributed by atoms with Crippen molar-refractivity contribution in [2.24, 2.45) is 0 Å². The highest BCUT2D eigenvalue weighted by atomic mass is 32.2. The number of ether oxygens (including phenoxy) is 1. The lowest BCUT2D eigenvalue weighted by Gasteiger charge is -2.28. The molecule has 1 atom stereocenters. The van der Waals surface area contributed by atoms with Crippen molar-refractivity contribution in [3.8, 4) is 16.9 Å². The van der Waals surface area contributed by atoms with Crippen molar-refractivity contribution >= 4 is 32.9 Å². The molecule has 8 nitrogen and oxygen atoms in total. The molecule has 0 saturated carbocycles. The molecule has 0 aliphatic carbocycles. The molecular formula is C23H22N4O4S. The van der Waals surface area contributed by atoms with Crippen LogP contribution in [0.25, 0.3) is 11.1 Å². The third-order valence-electron chi connectivity index (χ3n) is 5.73. The highest BCUT2D eigenvalue weighted by molar-refractivity contribution is 7.90. The molecule has 2 aliphatic heterocycles. The average molecular weight is 451 g/mol. The second kappa shape index (κ2) is 7.59. The Balaban J connectivity index is 1.46. The molecule has 1 fully saturated rings. The standard InChI is InChI=1S/C23H22N4O4S/c1-14-19-10-22(26-15-8-17(12-24-11-15)32(2,29)30)25-13-20(19)18-6-5-16(9-21(18)31-14)27-7-3-4-23(27)28/h5-6,8-14H,3-4,7H2,1-2H3,(H,25,26)/t14-/m0/s1. The monoisotopic (exact) mass is 450 g/mol. The molecule has 2 aromatic heterocycles. The molecule has 164 valence electrons. The first-order chi connectivity index (χ1) is 15.3. The van der Waals surface area contributed by atoms with E-state index in [-0.39, 0.29) is 16.9 Å². The van der Waals surface area contributed by atoms with Gasteiger partial charge in [-0.15, -0.1) is 0 Å². The number of rotatable bonds is 4. The number of anilines is 3. The lowest BCUT2D eigenvalue weighted by Crippen LogP contribution is -2.24. The summed E-state index contributed by atoms with van der Waals surface area (Å²) in [5.74, 6) is 1.44. The molecule has 32 heavy (non-hydrogen) atoms. The summed E-state index contributed by atoms with van der Waals surface area (Å²) in [6.45, 7) is 2.70. The Labute approximate surface area is 186 Å². The van der Waals surface area contributed by atoms with Crippen LogP contribution in [0.3, 0.4) is 0 Å². The number of carbonyl (C=O) groups excluding carboxylic acids is 1. The molecule has 4 heterocycles. The topological polar surface area (TPSA) is 101 Å². The van der Waals surface area contributed by atoms with Crippen LogP contribution in [0.15, 0.2) is 53.8 Å². The molecular weight excluding hydrogens is 428 g/mol. The van der Waals surface area contributed by atoms with Crippen LogP contribution in [0.1, 0.15) is 31.4 Å². The maximum atomic E-state index is 12.1. The van der Waals surface area contributed by atoms with Crippen LogP contribution in [0.4, 0.5) is 17.2 Å². The fourth-order valence-corrected chi connectivity index (χ4v) is 4.71. The highest BCUT2D eigenvalue weighted by Gasteiger charge is 2.27. The summed E-state index contributed by atoms with van der Waals surface area (Å²) >= 11 is 0. The Morgan fingerprint density at radius 1 is 1.12 bits per heavy atom. The van der Waals surface area contributed by atoms with E-state index < -0.39 is 9.84 Å². The highest BCUT2D eigenvalue weighted by Crippen LogP contribution is 2.44. The number of nitrogens with zero attached hydrogens (tertiary/aromatic N) is 3. The molecule has 5 rings (SSSR count).